The molecule has 0 aliphatic heterocycles. The number of benzene rings is 1. The summed E-state index contributed by atoms with van der Waals surface area (Å²) in [5, 5.41) is 2.87. The lowest BCUT2D eigenvalue weighted by atomic mass is 10.0. The second kappa shape index (κ2) is 8.08. The van der Waals surface area contributed by atoms with Crippen LogP contribution in [0.5, 0.6) is 0 Å². The van der Waals surface area contributed by atoms with E-state index >= 15 is 0 Å². The summed E-state index contributed by atoms with van der Waals surface area (Å²) < 4.78 is 5.19. The summed E-state index contributed by atoms with van der Waals surface area (Å²) in [7, 11) is 0. The molecule has 0 aliphatic rings. The summed E-state index contributed by atoms with van der Waals surface area (Å²) in [6, 6.07) is 12.3. The molecule has 0 aliphatic carbocycles. The van der Waals surface area contributed by atoms with Crippen LogP contribution in [-0.4, -0.2) is 23.0 Å². The van der Waals surface area contributed by atoms with Gasteiger partial charge in [-0.1, -0.05) is 30.3 Å². The highest BCUT2D eigenvalue weighted by Gasteiger charge is 2.20. The summed E-state index contributed by atoms with van der Waals surface area (Å²) in [6.07, 6.45) is 2.98. The SMILES string of the molecule is CC(C)OC(=O)CC(NC(=O)c1cccnc1)c1ccccc1. The van der Waals surface area contributed by atoms with Gasteiger partial charge in [0.25, 0.3) is 5.91 Å². The summed E-state index contributed by atoms with van der Waals surface area (Å²) >= 11 is 0. The maximum atomic E-state index is 12.3. The normalized spacial score (nSPS) is 11.8. The quantitative estimate of drug-likeness (QED) is 0.833. The highest BCUT2D eigenvalue weighted by molar-refractivity contribution is 5.94. The monoisotopic (exact) mass is 312 g/mol. The van der Waals surface area contributed by atoms with E-state index in [1.165, 1.54) is 6.20 Å². The van der Waals surface area contributed by atoms with Crippen molar-refractivity contribution < 1.29 is 14.3 Å². The Hall–Kier alpha value is -2.69. The Kier molecular flexibility index (Phi) is 5.86. The second-order valence-electron chi connectivity index (χ2n) is 5.42. The fourth-order valence-corrected chi connectivity index (χ4v) is 2.15. The van der Waals surface area contributed by atoms with Crippen LogP contribution in [0.1, 0.15) is 42.2 Å². The zero-order valence-electron chi connectivity index (χ0n) is 13.2. The fourth-order valence-electron chi connectivity index (χ4n) is 2.15. The first-order chi connectivity index (χ1) is 11.1. The molecule has 0 bridgehead atoms. The number of carbonyl (C=O) groups excluding carboxylic acids is 2. The van der Waals surface area contributed by atoms with Crippen LogP contribution in [0.4, 0.5) is 0 Å². The van der Waals surface area contributed by atoms with Crippen molar-refractivity contribution in [2.75, 3.05) is 0 Å². The Morgan fingerprint density at radius 2 is 1.87 bits per heavy atom. The van der Waals surface area contributed by atoms with E-state index in [9.17, 15) is 9.59 Å². The van der Waals surface area contributed by atoms with Crippen LogP contribution in [0.3, 0.4) is 0 Å². The van der Waals surface area contributed by atoms with E-state index in [1.54, 1.807) is 32.2 Å². The molecule has 0 saturated carbocycles. The zero-order valence-corrected chi connectivity index (χ0v) is 13.2. The van der Waals surface area contributed by atoms with E-state index in [-0.39, 0.29) is 24.4 Å². The first-order valence-corrected chi connectivity index (χ1v) is 7.51. The number of nitrogens with one attached hydrogen (secondary N) is 1. The molecule has 120 valence electrons. The molecule has 2 rings (SSSR count). The average Bonchev–Trinajstić information content (AvgIpc) is 2.55. The van der Waals surface area contributed by atoms with Gasteiger partial charge in [-0.25, -0.2) is 0 Å². The number of rotatable bonds is 6. The van der Waals surface area contributed by atoms with Crippen molar-refractivity contribution in [2.45, 2.75) is 32.4 Å². The van der Waals surface area contributed by atoms with Gasteiger partial charge >= 0.3 is 5.97 Å². The van der Waals surface area contributed by atoms with Gasteiger partial charge < -0.3 is 10.1 Å². The minimum Gasteiger partial charge on any atom is -0.463 e. The summed E-state index contributed by atoms with van der Waals surface area (Å²) in [5.74, 6) is -0.621. The van der Waals surface area contributed by atoms with Gasteiger partial charge in [0.05, 0.1) is 24.1 Å². The molecule has 1 atom stereocenters. The van der Waals surface area contributed by atoms with Crippen molar-refractivity contribution in [3.8, 4) is 0 Å². The smallest absolute Gasteiger partial charge is 0.308 e. The number of hydrogen-bond donors (Lipinski definition) is 1. The molecule has 0 fully saturated rings. The minimum atomic E-state index is -0.449. The van der Waals surface area contributed by atoms with Crippen LogP contribution < -0.4 is 5.32 Å². The van der Waals surface area contributed by atoms with Crippen LogP contribution in [0.25, 0.3) is 0 Å². The van der Waals surface area contributed by atoms with Gasteiger partial charge in [0.15, 0.2) is 0 Å². The molecule has 1 N–H and O–H groups in total. The van der Waals surface area contributed by atoms with Crippen molar-refractivity contribution in [3.05, 3.63) is 66.0 Å². The lowest BCUT2D eigenvalue weighted by molar-refractivity contribution is -0.147. The Balaban J connectivity index is 2.14. The van der Waals surface area contributed by atoms with Gasteiger partial charge in [-0.2, -0.15) is 0 Å². The standard InChI is InChI=1S/C18H20N2O3/c1-13(2)23-17(21)11-16(14-7-4-3-5-8-14)20-18(22)15-9-6-10-19-12-15/h3-10,12-13,16H,11H2,1-2H3,(H,20,22). The molecule has 0 radical (unpaired) electrons. The average molecular weight is 312 g/mol. The number of pyridine rings is 1. The van der Waals surface area contributed by atoms with E-state index in [0.717, 1.165) is 5.56 Å². The Bertz CT molecular complexity index is 642. The molecule has 1 amide bonds. The van der Waals surface area contributed by atoms with Gasteiger partial charge in [-0.05, 0) is 31.5 Å². The molecule has 5 nitrogen and oxygen atoms in total. The Morgan fingerprint density at radius 3 is 2.48 bits per heavy atom. The highest BCUT2D eigenvalue weighted by Crippen LogP contribution is 2.18. The topological polar surface area (TPSA) is 68.3 Å². The molecule has 0 spiro atoms. The van der Waals surface area contributed by atoms with Crippen LogP contribution in [0.2, 0.25) is 0 Å². The van der Waals surface area contributed by atoms with Crippen molar-refractivity contribution in [3.63, 3.8) is 0 Å². The molecule has 1 aromatic heterocycles. The van der Waals surface area contributed by atoms with Crippen molar-refractivity contribution >= 4 is 11.9 Å². The molecule has 2 aromatic rings. The maximum Gasteiger partial charge on any atom is 0.308 e. The van der Waals surface area contributed by atoms with Crippen LogP contribution in [0.15, 0.2) is 54.9 Å². The molecule has 0 saturated heterocycles. The number of aromatic nitrogens is 1. The summed E-state index contributed by atoms with van der Waals surface area (Å²) in [6.45, 7) is 3.59. The Labute approximate surface area is 135 Å². The highest BCUT2D eigenvalue weighted by atomic mass is 16.5. The van der Waals surface area contributed by atoms with E-state index in [0.29, 0.717) is 5.56 Å². The number of amides is 1. The van der Waals surface area contributed by atoms with Crippen LogP contribution >= 0.6 is 0 Å². The fraction of sp³-hybridized carbons (Fsp3) is 0.278. The first kappa shape index (κ1) is 16.7. The predicted molar refractivity (Wildman–Crippen MR) is 86.7 cm³/mol. The molecule has 1 unspecified atom stereocenters. The third-order valence-electron chi connectivity index (χ3n) is 3.17. The third-order valence-corrected chi connectivity index (χ3v) is 3.17. The summed E-state index contributed by atoms with van der Waals surface area (Å²) in [5.41, 5.74) is 1.30. The maximum absolute atomic E-state index is 12.3. The van der Waals surface area contributed by atoms with Crippen molar-refractivity contribution in [1.29, 1.82) is 0 Å². The molecule has 1 aromatic carbocycles. The molecule has 1 heterocycles. The van der Waals surface area contributed by atoms with E-state index < -0.39 is 6.04 Å². The van der Waals surface area contributed by atoms with Crippen molar-refractivity contribution in [1.82, 2.24) is 10.3 Å². The second-order valence-corrected chi connectivity index (χ2v) is 5.42. The number of nitrogens with zero attached hydrogens (tertiary/aromatic N) is 1. The van der Waals surface area contributed by atoms with Crippen LogP contribution in [-0.2, 0) is 9.53 Å². The van der Waals surface area contributed by atoms with Gasteiger partial charge in [-0.3, -0.25) is 14.6 Å². The lowest BCUT2D eigenvalue weighted by Crippen LogP contribution is -2.31. The number of carbonyl (C=O) groups is 2. The molecular formula is C18H20N2O3. The van der Waals surface area contributed by atoms with Gasteiger partial charge in [0.2, 0.25) is 0 Å². The minimum absolute atomic E-state index is 0.0776. The third kappa shape index (κ3) is 5.21. The molecule has 23 heavy (non-hydrogen) atoms. The van der Waals surface area contributed by atoms with Crippen molar-refractivity contribution in [2.24, 2.45) is 0 Å². The lowest BCUT2D eigenvalue weighted by Gasteiger charge is -2.19. The van der Waals surface area contributed by atoms with Gasteiger partial charge in [0, 0.05) is 12.4 Å². The molecular weight excluding hydrogens is 292 g/mol. The molecule has 5 heteroatoms. The van der Waals surface area contributed by atoms with Gasteiger partial charge in [-0.15, -0.1) is 0 Å². The Morgan fingerprint density at radius 1 is 1.13 bits per heavy atom. The number of ether oxygens (including phenoxy) is 1. The van der Waals surface area contributed by atoms with E-state index in [4.69, 9.17) is 4.74 Å². The largest absolute Gasteiger partial charge is 0.463 e. The first-order valence-electron chi connectivity index (χ1n) is 7.51. The number of esters is 1. The zero-order chi connectivity index (χ0) is 16.7. The van der Waals surface area contributed by atoms with Gasteiger partial charge in [0.1, 0.15) is 0 Å². The summed E-state index contributed by atoms with van der Waals surface area (Å²) in [4.78, 5) is 28.2. The number of hydrogen-bond acceptors (Lipinski definition) is 4. The van der Waals surface area contributed by atoms with E-state index in [1.807, 2.05) is 30.3 Å². The van der Waals surface area contributed by atoms with Crippen LogP contribution in [0, 0.1) is 0 Å². The predicted octanol–water partition coefficient (Wildman–Crippen LogP) is 2.89. The van der Waals surface area contributed by atoms with E-state index in [2.05, 4.69) is 10.3 Å².